The highest BCUT2D eigenvalue weighted by molar-refractivity contribution is 6.36. The Bertz CT molecular complexity index is 1700. The fourth-order valence-corrected chi connectivity index (χ4v) is 5.53. The fourth-order valence-electron chi connectivity index (χ4n) is 5.25. The number of aromatic nitrogens is 3. The molecule has 1 aliphatic carbocycles. The molecule has 2 aliphatic rings. The minimum absolute atomic E-state index is 0.0238. The van der Waals surface area contributed by atoms with Crippen molar-refractivity contribution >= 4 is 45.0 Å². The van der Waals surface area contributed by atoms with Gasteiger partial charge in [-0.15, -0.1) is 0 Å². The van der Waals surface area contributed by atoms with Gasteiger partial charge in [-0.1, -0.05) is 42.4 Å². The van der Waals surface area contributed by atoms with Gasteiger partial charge >= 0.3 is 0 Å². The number of piperazine rings is 1. The molecule has 0 radical (unpaired) electrons. The first kappa shape index (κ1) is 25.1. The summed E-state index contributed by atoms with van der Waals surface area (Å²) < 4.78 is 30.7. The van der Waals surface area contributed by atoms with Crippen molar-refractivity contribution in [2.24, 2.45) is 0 Å². The van der Waals surface area contributed by atoms with E-state index in [2.05, 4.69) is 22.6 Å². The van der Waals surface area contributed by atoms with E-state index in [-0.39, 0.29) is 40.5 Å². The average Bonchev–Trinajstić information content (AvgIpc) is 3.80. The Morgan fingerprint density at radius 2 is 2.03 bits per heavy atom. The maximum atomic E-state index is 16.3. The van der Waals surface area contributed by atoms with Crippen molar-refractivity contribution in [1.82, 2.24) is 19.9 Å². The van der Waals surface area contributed by atoms with Gasteiger partial charge in [-0.25, -0.2) is 18.7 Å². The number of nitrogens with zero attached hydrogens (tertiary/aromatic N) is 6. The molecule has 1 atom stereocenters. The lowest BCUT2D eigenvalue weighted by atomic mass is 10.0. The van der Waals surface area contributed by atoms with Crippen LogP contribution in [0.5, 0.6) is 0 Å². The van der Waals surface area contributed by atoms with Crippen LogP contribution >= 0.6 is 11.6 Å². The van der Waals surface area contributed by atoms with Gasteiger partial charge in [0.25, 0.3) is 0 Å². The molecule has 1 saturated heterocycles. The van der Waals surface area contributed by atoms with Crippen LogP contribution in [-0.2, 0) is 4.79 Å². The van der Waals surface area contributed by atoms with E-state index in [1.54, 1.807) is 29.2 Å². The lowest BCUT2D eigenvalue weighted by Gasteiger charge is -2.41. The third-order valence-electron chi connectivity index (χ3n) is 7.38. The SMILES string of the molecule is C=CC(=O)N1CCN(c2nc(C3CC3)nc3c(F)c(-c4cccc5ccc(F)c(Cl)c45)ncc23)CC1CC#N. The van der Waals surface area contributed by atoms with Crippen LogP contribution in [0.3, 0.4) is 0 Å². The molecule has 4 aromatic rings. The molecule has 196 valence electrons. The summed E-state index contributed by atoms with van der Waals surface area (Å²) in [5, 5.41) is 10.8. The summed E-state index contributed by atoms with van der Waals surface area (Å²) in [6.45, 7) is 4.74. The monoisotopic (exact) mass is 544 g/mol. The summed E-state index contributed by atoms with van der Waals surface area (Å²) >= 11 is 6.32. The van der Waals surface area contributed by atoms with Crippen molar-refractivity contribution in [3.63, 3.8) is 0 Å². The molecule has 7 nitrogen and oxygen atoms in total. The largest absolute Gasteiger partial charge is 0.352 e. The van der Waals surface area contributed by atoms with Gasteiger partial charge in [0.15, 0.2) is 5.82 Å². The molecule has 0 spiro atoms. The third kappa shape index (κ3) is 4.35. The normalized spacial score (nSPS) is 17.4. The lowest BCUT2D eigenvalue weighted by Crippen LogP contribution is -2.55. The van der Waals surface area contributed by atoms with Crippen LogP contribution in [-0.4, -0.2) is 51.4 Å². The van der Waals surface area contributed by atoms with Crippen LogP contribution in [0.1, 0.15) is 31.0 Å². The Labute approximate surface area is 228 Å². The number of fused-ring (bicyclic) bond motifs is 2. The highest BCUT2D eigenvalue weighted by Crippen LogP contribution is 2.42. The number of amides is 1. The van der Waals surface area contributed by atoms with E-state index < -0.39 is 11.6 Å². The van der Waals surface area contributed by atoms with Gasteiger partial charge in [0, 0.05) is 42.7 Å². The van der Waals surface area contributed by atoms with Crippen molar-refractivity contribution in [2.45, 2.75) is 31.2 Å². The Balaban J connectivity index is 1.50. The maximum Gasteiger partial charge on any atom is 0.246 e. The second kappa shape index (κ2) is 9.86. The number of nitriles is 1. The summed E-state index contributed by atoms with van der Waals surface area (Å²) in [6, 6.07) is 9.86. The first-order chi connectivity index (χ1) is 18.9. The van der Waals surface area contributed by atoms with Crippen molar-refractivity contribution in [2.75, 3.05) is 24.5 Å². The summed E-state index contributed by atoms with van der Waals surface area (Å²) in [5.74, 6) is -0.251. The zero-order valence-corrected chi connectivity index (χ0v) is 21.6. The standard InChI is InChI=1S/C29H23ClF2N6O/c1-2-22(39)38-13-12-37(15-18(38)10-11-33)29-20-14-34-26(25(32)27(20)35-28(36-29)17-6-7-17)19-5-3-4-16-8-9-21(31)24(30)23(16)19/h2-5,8-9,14,17-18H,1,6-7,10,12-13,15H2. The number of halogens is 3. The van der Waals surface area contributed by atoms with Crippen LogP contribution in [0.15, 0.2) is 49.2 Å². The summed E-state index contributed by atoms with van der Waals surface area (Å²) in [4.78, 5) is 29.9. The molecule has 1 unspecified atom stereocenters. The van der Waals surface area contributed by atoms with Gasteiger partial charge in [-0.3, -0.25) is 9.78 Å². The highest BCUT2D eigenvalue weighted by Gasteiger charge is 2.34. The molecule has 10 heteroatoms. The summed E-state index contributed by atoms with van der Waals surface area (Å²) in [6.07, 6.45) is 4.76. The molecule has 1 aliphatic heterocycles. The van der Waals surface area contributed by atoms with Crippen LogP contribution in [0.2, 0.25) is 5.02 Å². The first-order valence-electron chi connectivity index (χ1n) is 12.7. The second-order valence-corrected chi connectivity index (χ2v) is 10.2. The molecule has 1 saturated carbocycles. The predicted molar refractivity (Wildman–Crippen MR) is 145 cm³/mol. The van der Waals surface area contributed by atoms with Gasteiger partial charge in [0.1, 0.15) is 28.7 Å². The zero-order valence-electron chi connectivity index (χ0n) is 20.9. The summed E-state index contributed by atoms with van der Waals surface area (Å²) in [5.41, 5.74) is 0.517. The van der Waals surface area contributed by atoms with E-state index in [4.69, 9.17) is 16.6 Å². The number of carbonyl (C=O) groups excluding carboxylic acids is 1. The van der Waals surface area contributed by atoms with Gasteiger partial charge < -0.3 is 9.80 Å². The zero-order chi connectivity index (χ0) is 27.3. The number of rotatable bonds is 5. The molecular weight excluding hydrogens is 522 g/mol. The van der Waals surface area contributed by atoms with E-state index in [0.29, 0.717) is 53.0 Å². The van der Waals surface area contributed by atoms with Crippen LogP contribution in [0, 0.1) is 23.0 Å². The van der Waals surface area contributed by atoms with E-state index in [9.17, 15) is 14.4 Å². The molecule has 1 amide bonds. The Morgan fingerprint density at radius 1 is 1.21 bits per heavy atom. The molecule has 2 aromatic carbocycles. The smallest absolute Gasteiger partial charge is 0.246 e. The van der Waals surface area contributed by atoms with Crippen LogP contribution < -0.4 is 4.90 Å². The lowest BCUT2D eigenvalue weighted by molar-refractivity contribution is -0.128. The van der Waals surface area contributed by atoms with E-state index >= 15 is 4.39 Å². The quantitative estimate of drug-likeness (QED) is 0.296. The van der Waals surface area contributed by atoms with Crippen LogP contribution in [0.25, 0.3) is 32.9 Å². The van der Waals surface area contributed by atoms with Crippen molar-refractivity contribution in [1.29, 1.82) is 5.26 Å². The van der Waals surface area contributed by atoms with Crippen molar-refractivity contribution in [3.05, 3.63) is 71.7 Å². The highest BCUT2D eigenvalue weighted by atomic mass is 35.5. The van der Waals surface area contributed by atoms with Gasteiger partial charge in [-0.05, 0) is 30.4 Å². The van der Waals surface area contributed by atoms with Gasteiger partial charge in [0.2, 0.25) is 5.91 Å². The van der Waals surface area contributed by atoms with Gasteiger partial charge in [-0.2, -0.15) is 5.26 Å². The molecular formula is C29H23ClF2N6O. The van der Waals surface area contributed by atoms with E-state index in [1.807, 2.05) is 4.90 Å². The molecule has 2 fully saturated rings. The molecule has 0 bridgehead atoms. The first-order valence-corrected chi connectivity index (χ1v) is 13.1. The predicted octanol–water partition coefficient (Wildman–Crippen LogP) is 5.77. The number of hydrogen-bond acceptors (Lipinski definition) is 6. The molecule has 0 N–H and O–H groups in total. The van der Waals surface area contributed by atoms with Gasteiger partial charge in [0.05, 0.1) is 28.9 Å². The van der Waals surface area contributed by atoms with Crippen molar-refractivity contribution in [3.8, 4) is 17.3 Å². The van der Waals surface area contributed by atoms with E-state index in [0.717, 1.165) is 12.8 Å². The molecule has 6 rings (SSSR count). The third-order valence-corrected chi connectivity index (χ3v) is 7.75. The molecule has 2 aromatic heterocycles. The minimum Gasteiger partial charge on any atom is -0.352 e. The summed E-state index contributed by atoms with van der Waals surface area (Å²) in [7, 11) is 0. The minimum atomic E-state index is -0.639. The number of hydrogen-bond donors (Lipinski definition) is 0. The fraction of sp³-hybridized carbons (Fsp3) is 0.276. The topological polar surface area (TPSA) is 86.0 Å². The molecule has 39 heavy (non-hydrogen) atoms. The Hall–Kier alpha value is -4.16. The Morgan fingerprint density at radius 3 is 2.77 bits per heavy atom. The number of anilines is 1. The second-order valence-electron chi connectivity index (χ2n) is 9.83. The maximum absolute atomic E-state index is 16.3. The number of benzene rings is 2. The Kier molecular flexibility index (Phi) is 6.35. The average molecular weight is 545 g/mol. The van der Waals surface area contributed by atoms with Crippen molar-refractivity contribution < 1.29 is 13.6 Å². The molecule has 3 heterocycles. The van der Waals surface area contributed by atoms with E-state index in [1.165, 1.54) is 18.3 Å². The number of carbonyl (C=O) groups is 1. The number of pyridine rings is 1. The van der Waals surface area contributed by atoms with Crippen LogP contribution in [0.4, 0.5) is 14.6 Å².